The van der Waals surface area contributed by atoms with Gasteiger partial charge in [-0.1, -0.05) is 0 Å². The summed E-state index contributed by atoms with van der Waals surface area (Å²) in [5, 5.41) is 9.19. The third-order valence-electron chi connectivity index (χ3n) is 1.49. The molecule has 0 spiro atoms. The van der Waals surface area contributed by atoms with Crippen LogP contribution in [0.5, 0.6) is 0 Å². The lowest BCUT2D eigenvalue weighted by Gasteiger charge is -2.30. The van der Waals surface area contributed by atoms with Crippen LogP contribution in [0.4, 0.5) is 0 Å². The standard InChI is InChI=1S/C7H10O3/c1-7(2)5(8)3-4-6(9)10-7/h3-5,8H,1-2H3/t5-/m1/s1. The first-order valence-corrected chi connectivity index (χ1v) is 3.11. The minimum atomic E-state index is -0.772. The molecule has 1 aliphatic rings. The predicted octanol–water partition coefficient (Wildman–Crippen LogP) is 0.239. The maximum Gasteiger partial charge on any atom is 0.331 e. The number of hydrogen-bond donors (Lipinski definition) is 1. The van der Waals surface area contributed by atoms with E-state index in [1.165, 1.54) is 12.2 Å². The second-order valence-electron chi connectivity index (χ2n) is 2.83. The highest BCUT2D eigenvalue weighted by atomic mass is 16.6. The topological polar surface area (TPSA) is 46.5 Å². The molecule has 3 nitrogen and oxygen atoms in total. The zero-order valence-corrected chi connectivity index (χ0v) is 6.00. The second-order valence-corrected chi connectivity index (χ2v) is 2.83. The molecule has 0 fully saturated rings. The number of carbonyl (C=O) groups is 1. The Kier molecular flexibility index (Phi) is 1.52. The van der Waals surface area contributed by atoms with Crippen molar-refractivity contribution in [2.45, 2.75) is 25.6 Å². The summed E-state index contributed by atoms with van der Waals surface area (Å²) in [6.07, 6.45) is 1.98. The molecule has 1 rings (SSSR count). The number of aliphatic hydroxyl groups is 1. The lowest BCUT2D eigenvalue weighted by atomic mass is 9.99. The molecule has 3 heteroatoms. The van der Waals surface area contributed by atoms with Crippen LogP contribution in [0.2, 0.25) is 0 Å². The summed E-state index contributed by atoms with van der Waals surface area (Å²) in [6, 6.07) is 0. The normalized spacial score (nSPS) is 29.9. The highest BCUT2D eigenvalue weighted by molar-refractivity contribution is 5.83. The number of hydrogen-bond acceptors (Lipinski definition) is 3. The van der Waals surface area contributed by atoms with Crippen molar-refractivity contribution in [1.82, 2.24) is 0 Å². The highest BCUT2D eigenvalue weighted by Crippen LogP contribution is 2.19. The van der Waals surface area contributed by atoms with E-state index >= 15 is 0 Å². The van der Waals surface area contributed by atoms with Gasteiger partial charge in [0.2, 0.25) is 0 Å². The summed E-state index contributed by atoms with van der Waals surface area (Å²) < 4.78 is 4.81. The molecule has 0 unspecified atom stereocenters. The van der Waals surface area contributed by atoms with Gasteiger partial charge in [0.1, 0.15) is 11.7 Å². The third kappa shape index (κ3) is 1.19. The Balaban J connectivity index is 2.82. The maximum absolute atomic E-state index is 10.6. The van der Waals surface area contributed by atoms with Gasteiger partial charge in [-0.3, -0.25) is 0 Å². The van der Waals surface area contributed by atoms with Gasteiger partial charge >= 0.3 is 5.97 Å². The first-order valence-electron chi connectivity index (χ1n) is 3.11. The number of rotatable bonds is 0. The van der Waals surface area contributed by atoms with Crippen molar-refractivity contribution in [3.63, 3.8) is 0 Å². The van der Waals surface area contributed by atoms with Crippen LogP contribution >= 0.6 is 0 Å². The molecule has 0 saturated heterocycles. The Morgan fingerprint density at radius 3 is 2.70 bits per heavy atom. The lowest BCUT2D eigenvalue weighted by Crippen LogP contribution is -2.42. The fourth-order valence-corrected chi connectivity index (χ4v) is 0.755. The van der Waals surface area contributed by atoms with Crippen LogP contribution < -0.4 is 0 Å². The van der Waals surface area contributed by atoms with Crippen molar-refractivity contribution in [3.8, 4) is 0 Å². The van der Waals surface area contributed by atoms with E-state index in [1.54, 1.807) is 13.8 Å². The molecule has 0 saturated carbocycles. The van der Waals surface area contributed by atoms with E-state index < -0.39 is 17.7 Å². The van der Waals surface area contributed by atoms with Crippen LogP contribution in [0.1, 0.15) is 13.8 Å². The van der Waals surface area contributed by atoms with Gasteiger partial charge in [-0.05, 0) is 19.9 Å². The van der Waals surface area contributed by atoms with Gasteiger partial charge in [-0.2, -0.15) is 0 Å². The number of ether oxygens (including phenoxy) is 1. The van der Waals surface area contributed by atoms with Gasteiger partial charge in [0, 0.05) is 6.08 Å². The minimum absolute atomic E-state index is 0.393. The molecule has 0 aromatic heterocycles. The summed E-state index contributed by atoms with van der Waals surface area (Å²) in [5.41, 5.74) is -0.772. The lowest BCUT2D eigenvalue weighted by molar-refractivity contribution is -0.161. The predicted molar refractivity (Wildman–Crippen MR) is 35.3 cm³/mol. The average Bonchev–Trinajstić information content (AvgIpc) is 1.78. The summed E-state index contributed by atoms with van der Waals surface area (Å²) in [6.45, 7) is 3.33. The summed E-state index contributed by atoms with van der Waals surface area (Å²) in [7, 11) is 0. The Hall–Kier alpha value is -0.830. The smallest absolute Gasteiger partial charge is 0.331 e. The van der Waals surface area contributed by atoms with Gasteiger partial charge in [0.05, 0.1) is 0 Å². The first kappa shape index (κ1) is 7.28. The number of esters is 1. The Labute approximate surface area is 59.3 Å². The number of cyclic esters (lactones) is 1. The molecule has 0 aromatic carbocycles. The largest absolute Gasteiger partial charge is 0.453 e. The van der Waals surface area contributed by atoms with E-state index in [9.17, 15) is 9.90 Å². The average molecular weight is 142 g/mol. The molecule has 1 atom stereocenters. The fourth-order valence-electron chi connectivity index (χ4n) is 0.755. The quantitative estimate of drug-likeness (QED) is 0.493. The maximum atomic E-state index is 10.6. The number of aliphatic hydroxyl groups excluding tert-OH is 1. The van der Waals surface area contributed by atoms with Gasteiger partial charge in [0.25, 0.3) is 0 Å². The van der Waals surface area contributed by atoms with Gasteiger partial charge in [0.15, 0.2) is 0 Å². The van der Waals surface area contributed by atoms with Crippen molar-refractivity contribution in [3.05, 3.63) is 12.2 Å². The molecule has 1 aliphatic heterocycles. The Morgan fingerprint density at radius 1 is 1.70 bits per heavy atom. The van der Waals surface area contributed by atoms with Crippen molar-refractivity contribution in [2.75, 3.05) is 0 Å². The molecule has 0 radical (unpaired) electrons. The molecule has 56 valence electrons. The van der Waals surface area contributed by atoms with E-state index in [0.29, 0.717) is 0 Å². The third-order valence-corrected chi connectivity index (χ3v) is 1.49. The van der Waals surface area contributed by atoms with Crippen LogP contribution in [0, 0.1) is 0 Å². The summed E-state index contributed by atoms with van der Waals surface area (Å²) in [4.78, 5) is 10.6. The van der Waals surface area contributed by atoms with Crippen molar-refractivity contribution in [1.29, 1.82) is 0 Å². The van der Waals surface area contributed by atoms with Gasteiger partial charge < -0.3 is 9.84 Å². The number of carbonyl (C=O) groups excluding carboxylic acids is 1. The van der Waals surface area contributed by atoms with Crippen LogP contribution in [-0.2, 0) is 9.53 Å². The Bertz CT molecular complexity index is 181. The zero-order valence-electron chi connectivity index (χ0n) is 6.00. The summed E-state index contributed by atoms with van der Waals surface area (Å²) >= 11 is 0. The molecule has 0 aliphatic carbocycles. The van der Waals surface area contributed by atoms with Crippen molar-refractivity contribution in [2.24, 2.45) is 0 Å². The highest BCUT2D eigenvalue weighted by Gasteiger charge is 2.32. The summed E-state index contributed by atoms with van der Waals surface area (Å²) in [5.74, 6) is -0.393. The monoisotopic (exact) mass is 142 g/mol. The van der Waals surface area contributed by atoms with Crippen LogP contribution in [0.15, 0.2) is 12.2 Å². The van der Waals surface area contributed by atoms with Crippen LogP contribution in [-0.4, -0.2) is 22.8 Å². The molecule has 0 bridgehead atoms. The van der Waals surface area contributed by atoms with E-state index in [1.807, 2.05) is 0 Å². The molecule has 0 amide bonds. The van der Waals surface area contributed by atoms with E-state index in [-0.39, 0.29) is 0 Å². The van der Waals surface area contributed by atoms with E-state index in [0.717, 1.165) is 0 Å². The SMILES string of the molecule is CC1(C)OC(=O)C=C[C@H]1O. The van der Waals surface area contributed by atoms with Crippen LogP contribution in [0.3, 0.4) is 0 Å². The molecule has 0 aromatic rings. The minimum Gasteiger partial charge on any atom is -0.453 e. The van der Waals surface area contributed by atoms with Gasteiger partial charge in [-0.25, -0.2) is 4.79 Å². The van der Waals surface area contributed by atoms with Crippen molar-refractivity contribution < 1.29 is 14.6 Å². The molecule has 10 heavy (non-hydrogen) atoms. The van der Waals surface area contributed by atoms with Crippen molar-refractivity contribution >= 4 is 5.97 Å². The van der Waals surface area contributed by atoms with Gasteiger partial charge in [-0.15, -0.1) is 0 Å². The molecular formula is C7H10O3. The second kappa shape index (κ2) is 2.09. The van der Waals surface area contributed by atoms with E-state index in [2.05, 4.69) is 0 Å². The fraction of sp³-hybridized carbons (Fsp3) is 0.571. The van der Waals surface area contributed by atoms with E-state index in [4.69, 9.17) is 4.74 Å². The van der Waals surface area contributed by atoms with Crippen LogP contribution in [0.25, 0.3) is 0 Å². The molecule has 1 N–H and O–H groups in total. The molecule has 1 heterocycles. The zero-order chi connectivity index (χ0) is 7.78. The first-order chi connectivity index (χ1) is 4.52. The Morgan fingerprint density at radius 2 is 2.30 bits per heavy atom. The molecular weight excluding hydrogens is 132 g/mol.